The third-order valence-electron chi connectivity index (χ3n) is 4.81. The first-order chi connectivity index (χ1) is 14.0. The smallest absolute Gasteiger partial charge is 0.279 e. The first-order valence-corrected chi connectivity index (χ1v) is 10.1. The van der Waals surface area contributed by atoms with Crippen LogP contribution in [0.25, 0.3) is 10.2 Å². The number of carbonyl (C=O) groups excluding carboxylic acids is 3. The van der Waals surface area contributed by atoms with Gasteiger partial charge in [-0.05, 0) is 36.8 Å². The van der Waals surface area contributed by atoms with E-state index in [2.05, 4.69) is 11.6 Å². The van der Waals surface area contributed by atoms with Gasteiger partial charge in [0.1, 0.15) is 0 Å². The van der Waals surface area contributed by atoms with Crippen LogP contribution in [0.15, 0.2) is 60.1 Å². The second-order valence-corrected chi connectivity index (χ2v) is 7.80. The van der Waals surface area contributed by atoms with Crippen LogP contribution in [0.2, 0.25) is 0 Å². The first-order valence-electron chi connectivity index (χ1n) is 9.24. The average molecular weight is 405 g/mol. The highest BCUT2D eigenvalue weighted by atomic mass is 32.1. The molecule has 0 spiro atoms. The lowest BCUT2D eigenvalue weighted by Crippen LogP contribution is -2.28. The number of hydrogen-bond acceptors (Lipinski definition) is 4. The summed E-state index contributed by atoms with van der Waals surface area (Å²) in [5.41, 5.74) is 2.87. The second-order valence-electron chi connectivity index (χ2n) is 6.80. The van der Waals surface area contributed by atoms with E-state index in [4.69, 9.17) is 0 Å². The fraction of sp³-hybridized carbons (Fsp3) is 0.182. The number of rotatable bonds is 4. The van der Waals surface area contributed by atoms with Gasteiger partial charge in [-0.3, -0.25) is 19.3 Å². The maximum atomic E-state index is 12.9. The molecule has 2 heterocycles. The van der Waals surface area contributed by atoms with E-state index in [1.165, 1.54) is 11.3 Å². The molecule has 1 saturated heterocycles. The van der Waals surface area contributed by atoms with Crippen LogP contribution in [-0.4, -0.2) is 22.3 Å². The van der Waals surface area contributed by atoms with Crippen molar-refractivity contribution in [1.82, 2.24) is 4.57 Å². The molecule has 0 unspecified atom stereocenters. The van der Waals surface area contributed by atoms with Gasteiger partial charge >= 0.3 is 0 Å². The summed E-state index contributed by atoms with van der Waals surface area (Å²) in [7, 11) is 0. The number of thiazole rings is 1. The lowest BCUT2D eigenvalue weighted by molar-refractivity contribution is -0.121. The van der Waals surface area contributed by atoms with Gasteiger partial charge in [-0.25, -0.2) is 0 Å². The van der Waals surface area contributed by atoms with Gasteiger partial charge in [0.15, 0.2) is 4.80 Å². The number of carbonyl (C=O) groups is 3. The van der Waals surface area contributed by atoms with Crippen LogP contribution in [0.5, 0.6) is 0 Å². The number of benzene rings is 2. The van der Waals surface area contributed by atoms with E-state index in [9.17, 15) is 14.4 Å². The van der Waals surface area contributed by atoms with Crippen molar-refractivity contribution < 1.29 is 14.4 Å². The molecule has 6 nitrogen and oxygen atoms in total. The summed E-state index contributed by atoms with van der Waals surface area (Å²) in [6, 6.07) is 12.5. The summed E-state index contributed by atoms with van der Waals surface area (Å²) in [6.07, 6.45) is 2.17. The van der Waals surface area contributed by atoms with Gasteiger partial charge in [0.25, 0.3) is 5.91 Å². The van der Waals surface area contributed by atoms with Gasteiger partial charge in [0.05, 0.1) is 15.9 Å². The number of fused-ring (bicyclic) bond motifs is 1. The van der Waals surface area contributed by atoms with Crippen LogP contribution in [0.3, 0.4) is 0 Å². The molecule has 3 aromatic rings. The molecule has 1 aliphatic heterocycles. The second kappa shape index (κ2) is 7.60. The zero-order valence-corrected chi connectivity index (χ0v) is 16.7. The molecule has 0 bridgehead atoms. The maximum Gasteiger partial charge on any atom is 0.279 e. The number of nitrogens with zero attached hydrogens (tertiary/aromatic N) is 3. The lowest BCUT2D eigenvalue weighted by atomic mass is 10.2. The molecule has 2 aromatic carbocycles. The molecule has 29 heavy (non-hydrogen) atoms. The summed E-state index contributed by atoms with van der Waals surface area (Å²) >= 11 is 1.44. The third-order valence-corrected chi connectivity index (χ3v) is 5.86. The van der Waals surface area contributed by atoms with Crippen LogP contribution in [0.1, 0.15) is 28.8 Å². The Kier molecular flexibility index (Phi) is 4.98. The molecule has 3 amide bonds. The molecular weight excluding hydrogens is 386 g/mol. The Balaban J connectivity index is 1.77. The van der Waals surface area contributed by atoms with Crippen molar-refractivity contribution in [2.75, 3.05) is 4.90 Å². The number of imide groups is 1. The van der Waals surface area contributed by atoms with Gasteiger partial charge in [0, 0.05) is 24.9 Å². The molecular formula is C22H19N3O3S. The molecule has 0 radical (unpaired) electrons. The third kappa shape index (κ3) is 3.45. The van der Waals surface area contributed by atoms with Gasteiger partial charge in [-0.15, -0.1) is 6.58 Å². The topological polar surface area (TPSA) is 71.7 Å². The number of aryl methyl sites for hydroxylation is 1. The van der Waals surface area contributed by atoms with E-state index in [0.717, 1.165) is 20.7 Å². The molecule has 1 aliphatic rings. The van der Waals surface area contributed by atoms with E-state index in [0.29, 0.717) is 22.6 Å². The first kappa shape index (κ1) is 19.0. The summed E-state index contributed by atoms with van der Waals surface area (Å²) in [6.45, 7) is 6.37. The minimum absolute atomic E-state index is 0.198. The number of amides is 3. The van der Waals surface area contributed by atoms with E-state index in [-0.39, 0.29) is 24.7 Å². The monoisotopic (exact) mass is 405 g/mol. The Hall–Kier alpha value is -3.32. The molecule has 0 saturated carbocycles. The Morgan fingerprint density at radius 3 is 2.62 bits per heavy atom. The van der Waals surface area contributed by atoms with E-state index >= 15 is 0 Å². The summed E-state index contributed by atoms with van der Waals surface area (Å²) in [4.78, 5) is 42.9. The highest BCUT2D eigenvalue weighted by Crippen LogP contribution is 2.24. The SMILES string of the molecule is C=CCn1c(=NC(=O)c2cccc(N3C(=O)CCC3=O)c2)sc2cccc(C)c21. The highest BCUT2D eigenvalue weighted by Gasteiger charge is 2.30. The number of para-hydroxylation sites is 1. The molecule has 0 aliphatic carbocycles. The quantitative estimate of drug-likeness (QED) is 0.492. The molecule has 0 N–H and O–H groups in total. The van der Waals surface area contributed by atoms with Crippen molar-refractivity contribution >= 4 is 45.0 Å². The van der Waals surface area contributed by atoms with Crippen molar-refractivity contribution in [3.8, 4) is 0 Å². The highest BCUT2D eigenvalue weighted by molar-refractivity contribution is 7.16. The minimum Gasteiger partial charge on any atom is -0.312 e. The van der Waals surface area contributed by atoms with Gasteiger partial charge in [-0.2, -0.15) is 4.99 Å². The molecule has 146 valence electrons. The Bertz CT molecular complexity index is 1220. The van der Waals surface area contributed by atoms with E-state index in [1.54, 1.807) is 30.3 Å². The summed E-state index contributed by atoms with van der Waals surface area (Å²) in [5, 5.41) is 0. The zero-order valence-electron chi connectivity index (χ0n) is 15.9. The lowest BCUT2D eigenvalue weighted by Gasteiger charge is -2.14. The molecule has 4 rings (SSSR count). The molecule has 0 atom stereocenters. The van der Waals surface area contributed by atoms with Crippen LogP contribution < -0.4 is 9.70 Å². The van der Waals surface area contributed by atoms with Crippen molar-refractivity contribution in [1.29, 1.82) is 0 Å². The Morgan fingerprint density at radius 2 is 1.90 bits per heavy atom. The largest absolute Gasteiger partial charge is 0.312 e. The average Bonchev–Trinajstić information content (AvgIpc) is 3.22. The maximum absolute atomic E-state index is 12.9. The van der Waals surface area contributed by atoms with Gasteiger partial charge in [0.2, 0.25) is 11.8 Å². The van der Waals surface area contributed by atoms with Crippen LogP contribution in [0.4, 0.5) is 5.69 Å². The van der Waals surface area contributed by atoms with E-state index in [1.807, 2.05) is 29.7 Å². The molecule has 1 aromatic heterocycles. The van der Waals surface area contributed by atoms with Crippen molar-refractivity contribution in [2.45, 2.75) is 26.3 Å². The fourth-order valence-electron chi connectivity index (χ4n) is 3.49. The number of aromatic nitrogens is 1. The molecule has 1 fully saturated rings. The normalized spacial score (nSPS) is 14.8. The zero-order chi connectivity index (χ0) is 20.5. The fourth-order valence-corrected chi connectivity index (χ4v) is 4.60. The number of anilines is 1. The van der Waals surface area contributed by atoms with Gasteiger partial charge < -0.3 is 4.57 Å². The van der Waals surface area contributed by atoms with Crippen molar-refractivity contribution in [3.63, 3.8) is 0 Å². The Labute approximate surface area is 171 Å². The number of allylic oxidation sites excluding steroid dienone is 1. The van der Waals surface area contributed by atoms with Gasteiger partial charge in [-0.1, -0.05) is 35.6 Å². The molecule has 7 heteroatoms. The summed E-state index contributed by atoms with van der Waals surface area (Å²) in [5.74, 6) is -0.923. The van der Waals surface area contributed by atoms with Crippen LogP contribution in [0, 0.1) is 6.92 Å². The predicted molar refractivity (Wildman–Crippen MR) is 113 cm³/mol. The predicted octanol–water partition coefficient (Wildman–Crippen LogP) is 3.59. The summed E-state index contributed by atoms with van der Waals surface area (Å²) < 4.78 is 3.01. The van der Waals surface area contributed by atoms with Crippen molar-refractivity contribution in [2.24, 2.45) is 4.99 Å². The van der Waals surface area contributed by atoms with Crippen LogP contribution in [-0.2, 0) is 16.1 Å². The Morgan fingerprint density at radius 1 is 1.17 bits per heavy atom. The minimum atomic E-state index is -0.423. The van der Waals surface area contributed by atoms with E-state index < -0.39 is 5.91 Å². The van der Waals surface area contributed by atoms with Crippen molar-refractivity contribution in [3.05, 3.63) is 71.0 Å². The number of hydrogen-bond donors (Lipinski definition) is 0. The standard InChI is InChI=1S/C22H19N3O3S/c1-3-12-24-20-14(2)6-4-9-17(20)29-22(24)23-21(28)15-7-5-8-16(13-15)25-18(26)10-11-19(25)27/h3-9,13H,1,10-12H2,2H3. The van der Waals surface area contributed by atoms with Crippen LogP contribution >= 0.6 is 11.3 Å².